The molecule has 0 saturated heterocycles. The smallest absolute Gasteiger partial charge is 0.422 e. The molecule has 0 atom stereocenters. The van der Waals surface area contributed by atoms with Crippen LogP contribution in [0.1, 0.15) is 200 Å². The molecule has 0 N–H and O–H groups in total. The summed E-state index contributed by atoms with van der Waals surface area (Å²) in [5.41, 5.74) is -0.955. The zero-order valence-electron chi connectivity index (χ0n) is 41.1. The van der Waals surface area contributed by atoms with Gasteiger partial charge in [-0.15, -0.1) is 0 Å². The number of hydrogen-bond acceptors (Lipinski definition) is 12. The van der Waals surface area contributed by atoms with Gasteiger partial charge in [0.1, 0.15) is 11.2 Å². The van der Waals surface area contributed by atoms with E-state index in [9.17, 15) is 55.1 Å². The Kier molecular flexibility index (Phi) is 35.4. The summed E-state index contributed by atoms with van der Waals surface area (Å²) >= 11 is 0. The molecule has 2 aliphatic rings. The largest absolute Gasteiger partial charge is 0.459 e. The van der Waals surface area contributed by atoms with E-state index >= 15 is 0 Å². The van der Waals surface area contributed by atoms with E-state index in [0.717, 1.165) is 44.9 Å². The molecule has 0 aromatic carbocycles. The van der Waals surface area contributed by atoms with Gasteiger partial charge in [0.2, 0.25) is 0 Å². The first-order valence-corrected chi connectivity index (χ1v) is 22.9. The maximum absolute atomic E-state index is 12.3. The Bertz CT molecular complexity index is 1520. The van der Waals surface area contributed by atoms with Crippen molar-refractivity contribution >= 4 is 35.8 Å². The van der Waals surface area contributed by atoms with Crippen molar-refractivity contribution in [3.63, 3.8) is 0 Å². The highest BCUT2D eigenvalue weighted by atomic mass is 19.4. The van der Waals surface area contributed by atoms with Gasteiger partial charge in [0.25, 0.3) is 0 Å². The van der Waals surface area contributed by atoms with E-state index in [0.29, 0.717) is 12.0 Å². The Morgan fingerprint density at radius 1 is 0.471 bits per heavy atom. The maximum Gasteiger partial charge on any atom is 0.422 e. The predicted molar refractivity (Wildman–Crippen MR) is 250 cm³/mol. The molecule has 400 valence electrons. The van der Waals surface area contributed by atoms with Crippen LogP contribution in [0.3, 0.4) is 0 Å². The van der Waals surface area contributed by atoms with E-state index < -0.39 is 68.1 Å². The van der Waals surface area contributed by atoms with Gasteiger partial charge in [-0.2, -0.15) is 26.3 Å². The second-order valence-electron chi connectivity index (χ2n) is 18.1. The first-order valence-electron chi connectivity index (χ1n) is 22.9. The lowest BCUT2D eigenvalue weighted by Gasteiger charge is -2.37. The molecule has 18 heteroatoms. The van der Waals surface area contributed by atoms with Crippen LogP contribution in [0.15, 0.2) is 24.3 Å². The number of ether oxygens (including phenoxy) is 6. The molecule has 2 rings (SSSR count). The molecule has 0 radical (unpaired) electrons. The summed E-state index contributed by atoms with van der Waals surface area (Å²) in [4.78, 5) is 67.4. The first-order chi connectivity index (χ1) is 30.4. The minimum absolute atomic E-state index is 0. The average molecular weight is 993 g/mol. The lowest BCUT2D eigenvalue weighted by Crippen LogP contribution is -2.40. The van der Waals surface area contributed by atoms with Gasteiger partial charge < -0.3 is 28.4 Å². The van der Waals surface area contributed by atoms with Crippen molar-refractivity contribution in [3.8, 4) is 0 Å². The summed E-state index contributed by atoms with van der Waals surface area (Å²) < 4.78 is 97.7. The molecule has 0 aromatic rings. The van der Waals surface area contributed by atoms with Gasteiger partial charge in [0.05, 0.1) is 10.8 Å². The van der Waals surface area contributed by atoms with Crippen molar-refractivity contribution in [3.05, 3.63) is 24.3 Å². The molecule has 2 fully saturated rings. The van der Waals surface area contributed by atoms with Crippen LogP contribution in [0, 0.1) is 10.8 Å². The number of alkyl halides is 6. The molecule has 0 unspecified atom stereocenters. The Morgan fingerprint density at radius 3 is 1.09 bits per heavy atom. The molecular formula is C50H86F6O12. The summed E-state index contributed by atoms with van der Waals surface area (Å²) in [5, 5.41) is 0. The lowest BCUT2D eigenvalue weighted by molar-refractivity contribution is -0.190. The Balaban J connectivity index is -0.000000399. The Labute approximate surface area is 403 Å². The minimum Gasteiger partial charge on any atom is -0.459 e. The van der Waals surface area contributed by atoms with Crippen LogP contribution in [0.5, 0.6) is 0 Å². The normalized spacial score (nSPS) is 15.8. The summed E-state index contributed by atoms with van der Waals surface area (Å²) in [5.74, 6) is -4.22. The van der Waals surface area contributed by atoms with Crippen molar-refractivity contribution in [2.75, 3.05) is 26.4 Å². The summed E-state index contributed by atoms with van der Waals surface area (Å²) in [7, 11) is 0. The quantitative estimate of drug-likeness (QED) is 0.0625. The lowest BCUT2D eigenvalue weighted by atomic mass is 9.83. The summed E-state index contributed by atoms with van der Waals surface area (Å²) in [6.45, 7) is 20.2. The van der Waals surface area contributed by atoms with Gasteiger partial charge in [-0.25, -0.2) is 19.2 Å². The number of esters is 6. The highest BCUT2D eigenvalue weighted by molar-refractivity contribution is 5.88. The predicted octanol–water partition coefficient (Wildman–Crippen LogP) is 13.4. The minimum atomic E-state index is -4.59. The number of carbonyl (C=O) groups is 6. The maximum atomic E-state index is 12.3. The molecule has 12 nitrogen and oxygen atoms in total. The third-order valence-electron chi connectivity index (χ3n) is 11.4. The molecule has 0 heterocycles. The van der Waals surface area contributed by atoms with Crippen molar-refractivity contribution in [1.29, 1.82) is 0 Å². The van der Waals surface area contributed by atoms with Crippen molar-refractivity contribution in [2.45, 2.75) is 223 Å². The van der Waals surface area contributed by atoms with Crippen LogP contribution in [0.25, 0.3) is 0 Å². The zero-order valence-corrected chi connectivity index (χ0v) is 41.1. The molecule has 0 aromatic heterocycles. The second kappa shape index (κ2) is 34.2. The van der Waals surface area contributed by atoms with E-state index in [1.165, 1.54) is 71.1 Å². The molecule has 0 spiro atoms. The van der Waals surface area contributed by atoms with Crippen molar-refractivity contribution in [2.24, 2.45) is 10.8 Å². The molecule has 68 heavy (non-hydrogen) atoms. The highest BCUT2D eigenvalue weighted by Gasteiger charge is 2.38. The van der Waals surface area contributed by atoms with E-state index in [1.54, 1.807) is 27.7 Å². The third kappa shape index (κ3) is 32.6. The molecule has 0 amide bonds. The third-order valence-corrected chi connectivity index (χ3v) is 11.4. The van der Waals surface area contributed by atoms with Crippen LogP contribution in [-0.2, 0) is 57.2 Å². The fourth-order valence-electron chi connectivity index (χ4n) is 6.04. The average Bonchev–Trinajstić information content (AvgIpc) is 3.22. The van der Waals surface area contributed by atoms with Crippen molar-refractivity contribution < 1.29 is 83.5 Å². The zero-order chi connectivity index (χ0) is 51.4. The van der Waals surface area contributed by atoms with E-state index in [-0.39, 0.29) is 49.0 Å². The van der Waals surface area contributed by atoms with E-state index in [2.05, 4.69) is 52.9 Å². The number of hydrogen-bond donors (Lipinski definition) is 0. The van der Waals surface area contributed by atoms with Crippen LogP contribution in [0.4, 0.5) is 26.3 Å². The number of halogens is 6. The topological polar surface area (TPSA) is 158 Å². The first kappa shape index (κ1) is 70.4. The van der Waals surface area contributed by atoms with E-state index in [1.807, 2.05) is 13.8 Å². The molecular weight excluding hydrogens is 907 g/mol. The van der Waals surface area contributed by atoms with Gasteiger partial charge in [0.15, 0.2) is 26.4 Å². The summed E-state index contributed by atoms with van der Waals surface area (Å²) in [6, 6.07) is 0. The SMILES string of the molecule is C.C.C=C(C)C(=O)OC1(CC)CCCCCCC1.C=C(C)C(=O)OCC(=O)OCC(F)(F)F.CCC(C)(C)C(=O)OCC(=O)OCC(F)(F)F.CCC1(OC(=O)C(C)(C)CC)CCCCCCC1. The van der Waals surface area contributed by atoms with Gasteiger partial charge >= 0.3 is 48.2 Å². The van der Waals surface area contributed by atoms with Gasteiger partial charge in [-0.05, 0) is 119 Å². The fourth-order valence-corrected chi connectivity index (χ4v) is 6.04. The standard InChI is InChI=1S/C16H30O2.C14H24O2.C10H15F3O4.C8H9F3O4.2CH4/c1-5-15(3,4)14(17)18-16(6-2)12-10-8-7-9-11-13-16;1-4-14(16-13(15)12(2)3)10-8-6-5-7-9-11-14;1-4-9(2,3)8(15)16-5-7(14)17-6-10(11,12)13;1-5(2)7(13)14-3-6(12)15-4-8(9,10)11;;/h5-13H2,1-4H3;2,4-11H2,1,3H3;4-6H2,1-3H3;1,3-4H2,2H3;2*1H4. The van der Waals surface area contributed by atoms with E-state index in [4.69, 9.17) is 9.47 Å². The van der Waals surface area contributed by atoms with Crippen molar-refractivity contribution in [1.82, 2.24) is 0 Å². The number of rotatable bonds is 16. The molecule has 2 saturated carbocycles. The highest BCUT2D eigenvalue weighted by Crippen LogP contribution is 2.36. The van der Waals surface area contributed by atoms with Gasteiger partial charge in [-0.1, -0.05) is 94.2 Å². The Hall–Kier alpha value is -4.12. The monoisotopic (exact) mass is 993 g/mol. The van der Waals surface area contributed by atoms with Crippen LogP contribution in [0.2, 0.25) is 0 Å². The number of carbonyl (C=O) groups excluding carboxylic acids is 6. The van der Waals surface area contributed by atoms with Gasteiger partial charge in [-0.3, -0.25) is 9.59 Å². The molecule has 0 aliphatic heterocycles. The molecule has 2 aliphatic carbocycles. The van der Waals surface area contributed by atoms with Crippen LogP contribution in [-0.4, -0.2) is 85.8 Å². The van der Waals surface area contributed by atoms with Crippen LogP contribution < -0.4 is 0 Å². The van der Waals surface area contributed by atoms with Gasteiger partial charge in [0, 0.05) is 11.1 Å². The second-order valence-corrected chi connectivity index (χ2v) is 18.1. The Morgan fingerprint density at radius 2 is 0.779 bits per heavy atom. The molecule has 0 bridgehead atoms. The van der Waals surface area contributed by atoms with Crippen LogP contribution >= 0.6 is 0 Å². The summed E-state index contributed by atoms with van der Waals surface area (Å²) in [6.07, 6.45) is 10.7. The fraction of sp³-hybridized carbons (Fsp3) is 0.800.